The summed E-state index contributed by atoms with van der Waals surface area (Å²) < 4.78 is 0. The van der Waals surface area contributed by atoms with Gasteiger partial charge >= 0.3 is 5.97 Å². The average molecular weight is 284 g/mol. The van der Waals surface area contributed by atoms with Crippen molar-refractivity contribution in [3.63, 3.8) is 0 Å². The summed E-state index contributed by atoms with van der Waals surface area (Å²) in [5.41, 5.74) is 0.751. The van der Waals surface area contributed by atoms with Crippen LogP contribution in [0.25, 0.3) is 0 Å². The molecule has 108 valence electrons. The van der Waals surface area contributed by atoms with Crippen LogP contribution in [0.5, 0.6) is 0 Å². The number of hydrogen-bond donors (Lipinski definition) is 1. The van der Waals surface area contributed by atoms with Gasteiger partial charge in [-0.25, -0.2) is 9.78 Å². The van der Waals surface area contributed by atoms with Crippen molar-refractivity contribution < 1.29 is 9.90 Å². The topological polar surface area (TPSA) is 53.4 Å². The van der Waals surface area contributed by atoms with E-state index in [9.17, 15) is 9.90 Å². The summed E-state index contributed by atoms with van der Waals surface area (Å²) in [6.45, 7) is 9.16. The normalized spacial score (nSPS) is 11.2. The van der Waals surface area contributed by atoms with E-state index in [1.54, 1.807) is 0 Å². The first-order chi connectivity index (χ1) is 9.12. The van der Waals surface area contributed by atoms with E-state index in [0.717, 1.165) is 43.2 Å². The summed E-state index contributed by atoms with van der Waals surface area (Å²) in [6, 6.07) is 0. The van der Waals surface area contributed by atoms with Crippen LogP contribution < -0.4 is 0 Å². The van der Waals surface area contributed by atoms with Crippen molar-refractivity contribution in [1.82, 2.24) is 9.88 Å². The Morgan fingerprint density at radius 3 is 2.58 bits per heavy atom. The number of rotatable bonds is 9. The van der Waals surface area contributed by atoms with Gasteiger partial charge < -0.3 is 5.11 Å². The Balaban J connectivity index is 2.77. The van der Waals surface area contributed by atoms with E-state index >= 15 is 0 Å². The summed E-state index contributed by atoms with van der Waals surface area (Å²) >= 11 is 1.33. The number of aryl methyl sites for hydroxylation is 1. The molecule has 4 nitrogen and oxygen atoms in total. The quantitative estimate of drug-likeness (QED) is 0.755. The second-order valence-electron chi connectivity index (χ2n) is 4.66. The van der Waals surface area contributed by atoms with Gasteiger partial charge in [0.15, 0.2) is 0 Å². The number of unbranched alkanes of at least 4 members (excludes halogenated alkanes) is 1. The molecule has 1 heterocycles. The van der Waals surface area contributed by atoms with Crippen molar-refractivity contribution in [2.75, 3.05) is 13.1 Å². The Kier molecular flexibility index (Phi) is 7.02. The number of carboxylic acid groups (broad SMARTS) is 1. The highest BCUT2D eigenvalue weighted by Gasteiger charge is 2.17. The van der Waals surface area contributed by atoms with E-state index in [0.29, 0.717) is 4.88 Å². The van der Waals surface area contributed by atoms with Crippen molar-refractivity contribution in [1.29, 1.82) is 0 Å². The minimum Gasteiger partial charge on any atom is -0.477 e. The molecular weight excluding hydrogens is 260 g/mol. The molecule has 0 spiro atoms. The molecule has 1 N–H and O–H groups in total. The van der Waals surface area contributed by atoms with Crippen LogP contribution in [0, 0.1) is 0 Å². The van der Waals surface area contributed by atoms with Crippen LogP contribution in [-0.4, -0.2) is 34.0 Å². The molecule has 0 amide bonds. The maximum atomic E-state index is 11.2. The Labute approximate surface area is 119 Å². The van der Waals surface area contributed by atoms with Crippen molar-refractivity contribution in [3.05, 3.63) is 15.6 Å². The SMILES string of the molecule is CCCCN(CC)Cc1nc(CCC)c(C(=O)O)s1. The van der Waals surface area contributed by atoms with Crippen molar-refractivity contribution in [2.45, 2.75) is 53.0 Å². The van der Waals surface area contributed by atoms with Gasteiger partial charge in [-0.05, 0) is 25.9 Å². The molecule has 0 aromatic carbocycles. The molecule has 19 heavy (non-hydrogen) atoms. The second kappa shape index (κ2) is 8.27. The molecule has 0 radical (unpaired) electrons. The van der Waals surface area contributed by atoms with E-state index in [1.807, 2.05) is 6.92 Å². The molecule has 0 unspecified atom stereocenters. The molecule has 0 saturated heterocycles. The summed E-state index contributed by atoms with van der Waals surface area (Å²) in [5, 5.41) is 10.1. The van der Waals surface area contributed by atoms with Gasteiger partial charge in [-0.15, -0.1) is 11.3 Å². The van der Waals surface area contributed by atoms with Gasteiger partial charge in [0.1, 0.15) is 9.88 Å². The lowest BCUT2D eigenvalue weighted by Gasteiger charge is -2.18. The van der Waals surface area contributed by atoms with Crippen LogP contribution in [0.4, 0.5) is 0 Å². The number of carbonyl (C=O) groups is 1. The molecule has 1 aromatic heterocycles. The average Bonchev–Trinajstić information content (AvgIpc) is 2.78. The van der Waals surface area contributed by atoms with Crippen LogP contribution >= 0.6 is 11.3 Å². The monoisotopic (exact) mass is 284 g/mol. The fourth-order valence-electron chi connectivity index (χ4n) is 1.96. The molecule has 0 aliphatic carbocycles. The Morgan fingerprint density at radius 1 is 1.32 bits per heavy atom. The largest absolute Gasteiger partial charge is 0.477 e. The minimum absolute atomic E-state index is 0.420. The number of thiazole rings is 1. The zero-order valence-corrected chi connectivity index (χ0v) is 12.9. The molecule has 0 saturated carbocycles. The lowest BCUT2D eigenvalue weighted by Crippen LogP contribution is -2.23. The Morgan fingerprint density at radius 2 is 2.05 bits per heavy atom. The standard InChI is InChI=1S/C14H24N2O2S/c1-4-7-9-16(6-3)10-12-15-11(8-5-2)13(19-12)14(17)18/h4-10H2,1-3H3,(H,17,18). The number of hydrogen-bond acceptors (Lipinski definition) is 4. The maximum Gasteiger partial charge on any atom is 0.347 e. The van der Waals surface area contributed by atoms with Gasteiger partial charge in [-0.2, -0.15) is 0 Å². The lowest BCUT2D eigenvalue weighted by molar-refractivity contribution is 0.0700. The Hall–Kier alpha value is -0.940. The molecule has 1 aromatic rings. The van der Waals surface area contributed by atoms with Gasteiger partial charge in [0.25, 0.3) is 0 Å². The first kappa shape index (κ1) is 16.1. The van der Waals surface area contributed by atoms with Crippen LogP contribution in [0.15, 0.2) is 0 Å². The second-order valence-corrected chi connectivity index (χ2v) is 5.74. The molecular formula is C14H24N2O2S. The first-order valence-electron chi connectivity index (χ1n) is 7.06. The molecule has 0 atom stereocenters. The maximum absolute atomic E-state index is 11.2. The van der Waals surface area contributed by atoms with Crippen LogP contribution in [0.1, 0.15) is 60.4 Å². The zero-order valence-electron chi connectivity index (χ0n) is 12.1. The van der Waals surface area contributed by atoms with Crippen LogP contribution in [-0.2, 0) is 13.0 Å². The molecule has 0 bridgehead atoms. The molecule has 0 fully saturated rings. The highest BCUT2D eigenvalue weighted by molar-refractivity contribution is 7.13. The van der Waals surface area contributed by atoms with Gasteiger partial charge in [-0.3, -0.25) is 4.90 Å². The van der Waals surface area contributed by atoms with Crippen molar-refractivity contribution in [3.8, 4) is 0 Å². The molecule has 5 heteroatoms. The smallest absolute Gasteiger partial charge is 0.347 e. The predicted molar refractivity (Wildman–Crippen MR) is 78.9 cm³/mol. The predicted octanol–water partition coefficient (Wildman–Crippen LogP) is 3.42. The van der Waals surface area contributed by atoms with E-state index in [2.05, 4.69) is 23.7 Å². The van der Waals surface area contributed by atoms with E-state index in [1.165, 1.54) is 24.2 Å². The van der Waals surface area contributed by atoms with Crippen molar-refractivity contribution in [2.24, 2.45) is 0 Å². The van der Waals surface area contributed by atoms with Gasteiger partial charge in [0.05, 0.1) is 12.2 Å². The third-order valence-electron chi connectivity index (χ3n) is 3.06. The van der Waals surface area contributed by atoms with E-state index in [-0.39, 0.29) is 0 Å². The number of aromatic carboxylic acids is 1. The summed E-state index contributed by atoms with van der Waals surface area (Å²) in [5.74, 6) is -0.844. The Bertz CT molecular complexity index is 404. The summed E-state index contributed by atoms with van der Waals surface area (Å²) in [6.07, 6.45) is 4.03. The van der Waals surface area contributed by atoms with Crippen LogP contribution in [0.2, 0.25) is 0 Å². The summed E-state index contributed by atoms with van der Waals surface area (Å²) in [7, 11) is 0. The highest BCUT2D eigenvalue weighted by Crippen LogP contribution is 2.21. The van der Waals surface area contributed by atoms with Crippen molar-refractivity contribution >= 4 is 17.3 Å². The van der Waals surface area contributed by atoms with E-state index in [4.69, 9.17) is 0 Å². The third-order valence-corrected chi connectivity index (χ3v) is 4.13. The lowest BCUT2D eigenvalue weighted by atomic mass is 10.2. The number of nitrogens with zero attached hydrogens (tertiary/aromatic N) is 2. The first-order valence-corrected chi connectivity index (χ1v) is 7.88. The fourth-order valence-corrected chi connectivity index (χ4v) is 2.96. The minimum atomic E-state index is -0.844. The van der Waals surface area contributed by atoms with E-state index < -0.39 is 5.97 Å². The zero-order chi connectivity index (χ0) is 14.3. The number of carboxylic acids is 1. The highest BCUT2D eigenvalue weighted by atomic mass is 32.1. The number of aromatic nitrogens is 1. The molecule has 0 aliphatic heterocycles. The molecule has 0 aliphatic rings. The van der Waals surface area contributed by atoms with Gasteiger partial charge in [0.2, 0.25) is 0 Å². The van der Waals surface area contributed by atoms with Gasteiger partial charge in [0, 0.05) is 0 Å². The van der Waals surface area contributed by atoms with Gasteiger partial charge in [-0.1, -0.05) is 33.6 Å². The molecule has 1 rings (SSSR count). The summed E-state index contributed by atoms with van der Waals surface area (Å²) in [4.78, 5) is 18.5. The van der Waals surface area contributed by atoms with Crippen LogP contribution in [0.3, 0.4) is 0 Å². The fraction of sp³-hybridized carbons (Fsp3) is 0.714. The third kappa shape index (κ3) is 4.91.